The summed E-state index contributed by atoms with van der Waals surface area (Å²) in [6.07, 6.45) is 1.37. The van der Waals surface area contributed by atoms with Crippen LogP contribution in [0.3, 0.4) is 0 Å². The molecule has 1 aromatic heterocycles. The van der Waals surface area contributed by atoms with Gasteiger partial charge in [0.1, 0.15) is 12.0 Å². The molecule has 0 atom stereocenters. The number of rotatable bonds is 4. The number of carbonyl (C=O) groups excluding carboxylic acids is 1. The highest BCUT2D eigenvalue weighted by Crippen LogP contribution is 2.23. The van der Waals surface area contributed by atoms with Crippen molar-refractivity contribution in [1.29, 1.82) is 0 Å². The second kappa shape index (κ2) is 5.80. The van der Waals surface area contributed by atoms with E-state index < -0.39 is 5.97 Å². The van der Waals surface area contributed by atoms with Crippen molar-refractivity contribution in [3.63, 3.8) is 0 Å². The van der Waals surface area contributed by atoms with E-state index in [2.05, 4.69) is 10.1 Å². The summed E-state index contributed by atoms with van der Waals surface area (Å²) in [7, 11) is 1.33. The highest BCUT2D eigenvalue weighted by Gasteiger charge is 2.10. The lowest BCUT2D eigenvalue weighted by Crippen LogP contribution is -2.00. The van der Waals surface area contributed by atoms with E-state index in [0.29, 0.717) is 22.9 Å². The highest BCUT2D eigenvalue weighted by atomic mass is 35.5. The molecule has 4 nitrogen and oxygen atoms in total. The maximum atomic E-state index is 11.3. The Morgan fingerprint density at radius 2 is 2.21 bits per heavy atom. The molecule has 0 fully saturated rings. The molecule has 2 rings (SSSR count). The van der Waals surface area contributed by atoms with E-state index in [0.717, 1.165) is 11.3 Å². The monoisotopic (exact) mass is 279 g/mol. The van der Waals surface area contributed by atoms with Crippen molar-refractivity contribution in [2.24, 2.45) is 0 Å². The van der Waals surface area contributed by atoms with Crippen molar-refractivity contribution >= 4 is 23.3 Å². The molecule has 0 spiro atoms. The van der Waals surface area contributed by atoms with Gasteiger partial charge in [0.05, 0.1) is 29.9 Å². The van der Waals surface area contributed by atoms with E-state index in [9.17, 15) is 4.79 Å². The lowest BCUT2D eigenvalue weighted by atomic mass is 10.2. The molecule has 2 aromatic rings. The second-order valence-corrected chi connectivity index (χ2v) is 4.54. The Morgan fingerprint density at radius 3 is 2.89 bits per heavy atom. The first-order valence-electron chi connectivity index (χ1n) is 5.76. The van der Waals surface area contributed by atoms with Gasteiger partial charge in [-0.3, -0.25) is 0 Å². The summed E-state index contributed by atoms with van der Waals surface area (Å²) in [5.74, 6) is 0.223. The number of furan rings is 1. The van der Waals surface area contributed by atoms with Gasteiger partial charge in [0.2, 0.25) is 0 Å². The van der Waals surface area contributed by atoms with Gasteiger partial charge in [0.25, 0.3) is 0 Å². The van der Waals surface area contributed by atoms with Gasteiger partial charge >= 0.3 is 5.97 Å². The number of halogens is 1. The summed E-state index contributed by atoms with van der Waals surface area (Å²) in [6.45, 7) is 2.42. The number of methoxy groups -OCH3 is 1. The molecule has 0 bridgehead atoms. The molecule has 0 unspecified atom stereocenters. The molecule has 1 N–H and O–H groups in total. The van der Waals surface area contributed by atoms with E-state index in [1.807, 2.05) is 25.1 Å². The van der Waals surface area contributed by atoms with Crippen molar-refractivity contribution in [1.82, 2.24) is 0 Å². The van der Waals surface area contributed by atoms with Crippen LogP contribution in [0.2, 0.25) is 5.02 Å². The summed E-state index contributed by atoms with van der Waals surface area (Å²) < 4.78 is 9.87. The van der Waals surface area contributed by atoms with Gasteiger partial charge in [-0.05, 0) is 30.7 Å². The van der Waals surface area contributed by atoms with Gasteiger partial charge < -0.3 is 14.5 Å². The van der Waals surface area contributed by atoms with Crippen molar-refractivity contribution in [3.8, 4) is 0 Å². The van der Waals surface area contributed by atoms with Gasteiger partial charge in [0.15, 0.2) is 0 Å². The minimum absolute atomic E-state index is 0.398. The molecule has 100 valence electrons. The van der Waals surface area contributed by atoms with Crippen molar-refractivity contribution in [2.45, 2.75) is 13.5 Å². The number of hydrogen-bond acceptors (Lipinski definition) is 4. The molecule has 1 heterocycles. The molecule has 0 aliphatic heterocycles. The van der Waals surface area contributed by atoms with Crippen LogP contribution in [0, 0.1) is 6.92 Å². The largest absolute Gasteiger partial charge is 0.467 e. The Balaban J connectivity index is 2.02. The maximum absolute atomic E-state index is 11.3. The zero-order valence-electron chi connectivity index (χ0n) is 10.7. The average molecular weight is 280 g/mol. The first kappa shape index (κ1) is 13.5. The number of anilines is 1. The third kappa shape index (κ3) is 3.29. The average Bonchev–Trinajstić information content (AvgIpc) is 2.85. The summed E-state index contributed by atoms with van der Waals surface area (Å²) in [6, 6.07) is 7.39. The molecule has 1 aromatic carbocycles. The fourth-order valence-corrected chi connectivity index (χ4v) is 1.95. The Bertz CT molecular complexity index is 592. The van der Waals surface area contributed by atoms with Crippen LogP contribution in [0.4, 0.5) is 5.69 Å². The third-order valence-electron chi connectivity index (χ3n) is 2.65. The number of nitrogens with one attached hydrogen (secondary N) is 1. The minimum Gasteiger partial charge on any atom is -0.467 e. The first-order valence-corrected chi connectivity index (χ1v) is 6.13. The molecule has 0 saturated carbocycles. The van der Waals surface area contributed by atoms with E-state index in [1.54, 1.807) is 6.07 Å². The molecule has 0 amide bonds. The molecule has 5 heteroatoms. The number of esters is 1. The summed E-state index contributed by atoms with van der Waals surface area (Å²) in [5, 5.41) is 3.80. The smallest absolute Gasteiger partial charge is 0.341 e. The Labute approximate surface area is 116 Å². The van der Waals surface area contributed by atoms with Gasteiger partial charge in [-0.1, -0.05) is 17.7 Å². The third-order valence-corrected chi connectivity index (χ3v) is 2.97. The van der Waals surface area contributed by atoms with Gasteiger partial charge in [0, 0.05) is 0 Å². The van der Waals surface area contributed by atoms with Gasteiger partial charge in [-0.2, -0.15) is 0 Å². The standard InChI is InChI=1S/C14H14ClNO3/c1-9-3-4-13(12(15)5-9)16-7-11-6-10(8-19-11)14(17)18-2/h3-6,8,16H,7H2,1-2H3. The topological polar surface area (TPSA) is 51.5 Å². The van der Waals surface area contributed by atoms with Crippen LogP contribution in [0.1, 0.15) is 21.7 Å². The fraction of sp³-hybridized carbons (Fsp3) is 0.214. The van der Waals surface area contributed by atoms with Crippen LogP contribution in [-0.2, 0) is 11.3 Å². The van der Waals surface area contributed by atoms with E-state index >= 15 is 0 Å². The van der Waals surface area contributed by atoms with Crippen molar-refractivity contribution in [3.05, 3.63) is 52.4 Å². The van der Waals surface area contributed by atoms with Crippen LogP contribution in [0.25, 0.3) is 0 Å². The number of aryl methyl sites for hydroxylation is 1. The molecule has 0 aliphatic carbocycles. The number of ether oxygens (including phenoxy) is 1. The van der Waals surface area contributed by atoms with Crippen LogP contribution < -0.4 is 5.32 Å². The normalized spacial score (nSPS) is 10.3. The number of carbonyl (C=O) groups is 1. The van der Waals surface area contributed by atoms with Crippen LogP contribution in [0.15, 0.2) is 34.9 Å². The lowest BCUT2D eigenvalue weighted by molar-refractivity contribution is 0.0600. The summed E-state index contributed by atoms with van der Waals surface area (Å²) in [4.78, 5) is 11.3. The number of hydrogen-bond donors (Lipinski definition) is 1. The van der Waals surface area contributed by atoms with Crippen molar-refractivity contribution < 1.29 is 13.9 Å². The van der Waals surface area contributed by atoms with E-state index in [-0.39, 0.29) is 0 Å². The maximum Gasteiger partial charge on any atom is 0.341 e. The zero-order chi connectivity index (χ0) is 13.8. The van der Waals surface area contributed by atoms with Gasteiger partial charge in [-0.15, -0.1) is 0 Å². The molecule has 0 radical (unpaired) electrons. The molecule has 19 heavy (non-hydrogen) atoms. The molecular weight excluding hydrogens is 266 g/mol. The van der Waals surface area contributed by atoms with Crippen LogP contribution >= 0.6 is 11.6 Å². The Kier molecular flexibility index (Phi) is 4.12. The predicted octanol–water partition coefficient (Wildman–Crippen LogP) is 3.64. The van der Waals surface area contributed by atoms with E-state index in [1.165, 1.54) is 13.4 Å². The highest BCUT2D eigenvalue weighted by molar-refractivity contribution is 6.33. The second-order valence-electron chi connectivity index (χ2n) is 4.13. The molecule has 0 saturated heterocycles. The minimum atomic E-state index is -0.414. The molecule has 0 aliphatic rings. The lowest BCUT2D eigenvalue weighted by Gasteiger charge is -2.07. The van der Waals surface area contributed by atoms with Gasteiger partial charge in [-0.25, -0.2) is 4.79 Å². The predicted molar refractivity (Wildman–Crippen MR) is 73.6 cm³/mol. The first-order chi connectivity index (χ1) is 9.10. The van der Waals surface area contributed by atoms with Crippen LogP contribution in [-0.4, -0.2) is 13.1 Å². The van der Waals surface area contributed by atoms with E-state index in [4.69, 9.17) is 16.0 Å². The fourth-order valence-electron chi connectivity index (χ4n) is 1.64. The van der Waals surface area contributed by atoms with Crippen molar-refractivity contribution in [2.75, 3.05) is 12.4 Å². The Morgan fingerprint density at radius 1 is 1.42 bits per heavy atom. The SMILES string of the molecule is COC(=O)c1coc(CNc2ccc(C)cc2Cl)c1. The Hall–Kier alpha value is -1.94. The van der Waals surface area contributed by atoms with Crippen LogP contribution in [0.5, 0.6) is 0 Å². The summed E-state index contributed by atoms with van der Waals surface area (Å²) >= 11 is 6.11. The number of benzene rings is 1. The summed E-state index contributed by atoms with van der Waals surface area (Å²) in [5.41, 5.74) is 2.32. The molecular formula is C14H14ClNO3. The quantitative estimate of drug-likeness (QED) is 0.868. The zero-order valence-corrected chi connectivity index (χ0v) is 11.5.